The number of nitrogens with zero attached hydrogens (tertiary/aromatic N) is 1. The quantitative estimate of drug-likeness (QED) is 0.782. The van der Waals surface area contributed by atoms with Crippen molar-refractivity contribution >= 4 is 12.4 Å². The lowest BCUT2D eigenvalue weighted by molar-refractivity contribution is 0.0191. The van der Waals surface area contributed by atoms with Crippen LogP contribution < -0.4 is 4.74 Å². The van der Waals surface area contributed by atoms with Crippen molar-refractivity contribution in [2.75, 3.05) is 27.2 Å². The van der Waals surface area contributed by atoms with Gasteiger partial charge < -0.3 is 9.64 Å². The van der Waals surface area contributed by atoms with E-state index in [2.05, 4.69) is 30.1 Å². The van der Waals surface area contributed by atoms with Gasteiger partial charge in [0.15, 0.2) is 0 Å². The van der Waals surface area contributed by atoms with Gasteiger partial charge in [-0.2, -0.15) is 0 Å². The highest BCUT2D eigenvalue weighted by molar-refractivity contribution is 5.85. The molecule has 0 spiro atoms. The van der Waals surface area contributed by atoms with Crippen molar-refractivity contribution in [3.63, 3.8) is 0 Å². The first kappa shape index (κ1) is 15.2. The molecule has 0 aromatic heterocycles. The third-order valence-corrected chi connectivity index (χ3v) is 6.47. The molecule has 0 N–H and O–H groups in total. The molecular formula is C18H26ClNO. The van der Waals surface area contributed by atoms with Crippen LogP contribution in [-0.2, 0) is 11.8 Å². The van der Waals surface area contributed by atoms with Gasteiger partial charge in [-0.1, -0.05) is 12.5 Å². The Bertz CT molecular complexity index is 546. The number of methoxy groups -OCH3 is 1. The number of piperidine rings is 1. The van der Waals surface area contributed by atoms with Gasteiger partial charge in [-0.15, -0.1) is 12.4 Å². The summed E-state index contributed by atoms with van der Waals surface area (Å²) < 4.78 is 5.51. The largest absolute Gasteiger partial charge is 0.497 e. The summed E-state index contributed by atoms with van der Waals surface area (Å²) in [7, 11) is 4.09. The monoisotopic (exact) mass is 307 g/mol. The first-order chi connectivity index (χ1) is 9.69. The van der Waals surface area contributed by atoms with Gasteiger partial charge in [-0.05, 0) is 74.4 Å². The highest BCUT2D eigenvalue weighted by Crippen LogP contribution is 2.63. The fourth-order valence-corrected chi connectivity index (χ4v) is 5.55. The second-order valence-electron chi connectivity index (χ2n) is 7.23. The maximum absolute atomic E-state index is 5.51. The fraction of sp³-hybridized carbons (Fsp3) is 0.667. The van der Waals surface area contributed by atoms with Crippen LogP contribution in [0.2, 0.25) is 0 Å². The van der Waals surface area contributed by atoms with Gasteiger partial charge in [0.2, 0.25) is 0 Å². The number of rotatable bonds is 1. The average molecular weight is 308 g/mol. The average Bonchev–Trinajstić information content (AvgIpc) is 2.86. The summed E-state index contributed by atoms with van der Waals surface area (Å²) in [5.41, 5.74) is 4.21. The number of aryl methyl sites for hydroxylation is 1. The number of ether oxygens (including phenoxy) is 1. The number of benzene rings is 1. The second kappa shape index (κ2) is 5.17. The molecule has 0 radical (unpaired) electrons. The molecule has 0 bridgehead atoms. The normalized spacial score (nSPS) is 34.4. The summed E-state index contributed by atoms with van der Waals surface area (Å²) in [5, 5.41) is 0. The fourth-order valence-electron chi connectivity index (χ4n) is 5.55. The van der Waals surface area contributed by atoms with Crippen molar-refractivity contribution < 1.29 is 4.74 Å². The number of hydrogen-bond acceptors (Lipinski definition) is 2. The molecule has 0 amide bonds. The highest BCUT2D eigenvalue weighted by Gasteiger charge is 2.59. The second-order valence-corrected chi connectivity index (χ2v) is 7.23. The molecule has 2 unspecified atom stereocenters. The van der Waals surface area contributed by atoms with Gasteiger partial charge in [0, 0.05) is 12.0 Å². The maximum atomic E-state index is 5.51. The third-order valence-electron chi connectivity index (χ3n) is 6.47. The molecule has 2 fully saturated rings. The Kier molecular flexibility index (Phi) is 3.74. The van der Waals surface area contributed by atoms with Gasteiger partial charge in [0.25, 0.3) is 0 Å². The summed E-state index contributed by atoms with van der Waals surface area (Å²) in [6, 6.07) is 6.83. The number of hydrogen-bond donors (Lipinski definition) is 0. The van der Waals surface area contributed by atoms with Crippen LogP contribution in [-0.4, -0.2) is 32.1 Å². The van der Waals surface area contributed by atoms with E-state index in [1.54, 1.807) is 18.2 Å². The van der Waals surface area contributed by atoms with Crippen LogP contribution in [0.1, 0.15) is 43.2 Å². The minimum absolute atomic E-state index is 0. The predicted molar refractivity (Wildman–Crippen MR) is 88.6 cm³/mol. The van der Waals surface area contributed by atoms with E-state index in [4.69, 9.17) is 4.74 Å². The third kappa shape index (κ3) is 1.95. The van der Waals surface area contributed by atoms with Crippen molar-refractivity contribution in [1.82, 2.24) is 4.90 Å². The first-order valence-corrected chi connectivity index (χ1v) is 8.05. The predicted octanol–water partition coefficient (Wildman–Crippen LogP) is 3.81. The van der Waals surface area contributed by atoms with Gasteiger partial charge in [0.05, 0.1) is 7.11 Å². The Balaban J connectivity index is 0.00000132. The molecular weight excluding hydrogens is 282 g/mol. The smallest absolute Gasteiger partial charge is 0.119 e. The topological polar surface area (TPSA) is 12.5 Å². The van der Waals surface area contributed by atoms with E-state index in [9.17, 15) is 0 Å². The van der Waals surface area contributed by atoms with Crippen molar-refractivity contribution in [3.8, 4) is 5.75 Å². The summed E-state index contributed by atoms with van der Waals surface area (Å²) in [6.45, 7) is 2.54. The van der Waals surface area contributed by atoms with Crippen LogP contribution in [0.15, 0.2) is 18.2 Å². The van der Waals surface area contributed by atoms with Gasteiger partial charge in [-0.3, -0.25) is 0 Å². The number of fused-ring (bicyclic) bond motifs is 1. The molecule has 1 aromatic carbocycles. The van der Waals surface area contributed by atoms with Crippen LogP contribution in [0.25, 0.3) is 0 Å². The minimum atomic E-state index is 0. The van der Waals surface area contributed by atoms with Crippen molar-refractivity contribution in [2.45, 2.75) is 43.9 Å². The van der Waals surface area contributed by atoms with E-state index < -0.39 is 0 Å². The zero-order valence-electron chi connectivity index (χ0n) is 13.2. The van der Waals surface area contributed by atoms with Crippen molar-refractivity contribution in [3.05, 3.63) is 29.3 Å². The Morgan fingerprint density at radius 1 is 1.14 bits per heavy atom. The molecule has 1 aliphatic heterocycles. The van der Waals surface area contributed by atoms with E-state index in [-0.39, 0.29) is 12.4 Å². The number of likely N-dealkylation sites (tertiary alicyclic amines) is 1. The molecule has 1 saturated heterocycles. The number of halogens is 1. The van der Waals surface area contributed by atoms with Crippen molar-refractivity contribution in [1.29, 1.82) is 0 Å². The zero-order valence-corrected chi connectivity index (χ0v) is 14.0. The molecule has 21 heavy (non-hydrogen) atoms. The van der Waals surface area contributed by atoms with Crippen LogP contribution in [0.3, 0.4) is 0 Å². The SMILES string of the molecule is COc1ccc2c(c1)C13CCCC1(CC2)CN(C)CC3.Cl. The van der Waals surface area contributed by atoms with E-state index in [1.807, 2.05) is 0 Å². The lowest BCUT2D eigenvalue weighted by Crippen LogP contribution is -2.56. The lowest BCUT2D eigenvalue weighted by Gasteiger charge is -2.56. The van der Waals surface area contributed by atoms with Gasteiger partial charge >= 0.3 is 0 Å². The molecule has 1 heterocycles. The van der Waals surface area contributed by atoms with Crippen LogP contribution >= 0.6 is 12.4 Å². The van der Waals surface area contributed by atoms with E-state index in [0.717, 1.165) is 5.75 Å². The molecule has 116 valence electrons. The van der Waals surface area contributed by atoms with Crippen LogP contribution in [0.4, 0.5) is 0 Å². The van der Waals surface area contributed by atoms with Crippen LogP contribution in [0, 0.1) is 5.41 Å². The summed E-state index contributed by atoms with van der Waals surface area (Å²) in [5.74, 6) is 1.04. The van der Waals surface area contributed by atoms with Crippen molar-refractivity contribution in [2.24, 2.45) is 5.41 Å². The minimum Gasteiger partial charge on any atom is -0.497 e. The van der Waals surface area contributed by atoms with E-state index >= 15 is 0 Å². The molecule has 2 aliphatic carbocycles. The summed E-state index contributed by atoms with van der Waals surface area (Å²) in [6.07, 6.45) is 8.20. The maximum Gasteiger partial charge on any atom is 0.119 e. The van der Waals surface area contributed by atoms with Gasteiger partial charge in [0.1, 0.15) is 5.75 Å². The highest BCUT2D eigenvalue weighted by atomic mass is 35.5. The Morgan fingerprint density at radius 2 is 2.00 bits per heavy atom. The molecule has 2 nitrogen and oxygen atoms in total. The summed E-state index contributed by atoms with van der Waals surface area (Å²) >= 11 is 0. The standard InChI is InChI=1S/C18H25NO.ClH/c1-19-11-10-18-8-3-7-17(18,13-19)9-6-14-4-5-15(20-2)12-16(14)18;/h4-5,12H,3,6-11,13H2,1-2H3;1H. The molecule has 3 heteroatoms. The Labute approximate surface area is 134 Å². The van der Waals surface area contributed by atoms with E-state index in [0.29, 0.717) is 10.8 Å². The first-order valence-electron chi connectivity index (χ1n) is 8.05. The van der Waals surface area contributed by atoms with Crippen LogP contribution in [0.5, 0.6) is 5.75 Å². The van der Waals surface area contributed by atoms with Gasteiger partial charge in [-0.25, -0.2) is 0 Å². The molecule has 1 aromatic rings. The summed E-state index contributed by atoms with van der Waals surface area (Å²) in [4.78, 5) is 2.56. The molecule has 4 rings (SSSR count). The molecule has 3 aliphatic rings. The van der Waals surface area contributed by atoms with E-state index in [1.165, 1.54) is 51.6 Å². The zero-order chi connectivity index (χ0) is 13.8. The Hall–Kier alpha value is -0.730. The Morgan fingerprint density at radius 3 is 2.81 bits per heavy atom. The lowest BCUT2D eigenvalue weighted by atomic mass is 9.52. The molecule has 1 saturated carbocycles. The molecule has 2 atom stereocenters.